The van der Waals surface area contributed by atoms with Crippen molar-refractivity contribution in [3.63, 3.8) is 0 Å². The lowest BCUT2D eigenvalue weighted by Gasteiger charge is -2.44. The van der Waals surface area contributed by atoms with Gasteiger partial charge in [-0.1, -0.05) is 12.8 Å². The number of nitrogens with one attached hydrogen (secondary N) is 1. The van der Waals surface area contributed by atoms with Crippen LogP contribution in [-0.2, 0) is 4.74 Å². The zero-order chi connectivity index (χ0) is 10.9. The van der Waals surface area contributed by atoms with Crippen LogP contribution in [0.25, 0.3) is 0 Å². The Balaban J connectivity index is 2.83. The van der Waals surface area contributed by atoms with Gasteiger partial charge in [0.15, 0.2) is 0 Å². The van der Waals surface area contributed by atoms with E-state index in [9.17, 15) is 15.3 Å². The predicted octanol–water partition coefficient (Wildman–Crippen LogP) is -2.52. The van der Waals surface area contributed by atoms with Gasteiger partial charge in [-0.3, -0.25) is 4.72 Å². The summed E-state index contributed by atoms with van der Waals surface area (Å²) in [5.41, 5.74) is 0. The number of aliphatic hydroxyl groups excluding tert-OH is 3. The van der Waals surface area contributed by atoms with Crippen LogP contribution in [-0.4, -0.2) is 56.5 Å². The first-order valence-corrected chi connectivity index (χ1v) is 4.82. The van der Waals surface area contributed by atoms with E-state index in [4.69, 9.17) is 9.84 Å². The fourth-order valence-electron chi connectivity index (χ4n) is 1.31. The summed E-state index contributed by atoms with van der Waals surface area (Å²) in [6.45, 7) is -0.527. The molecule has 0 amide bonds. The average molecular weight is 243 g/mol. The topological polar surface area (TPSA) is 102 Å². The molecule has 1 rings (SSSR count). The molecule has 1 saturated heterocycles. The summed E-state index contributed by atoms with van der Waals surface area (Å²) in [4.78, 5) is 0. The molecule has 1 heterocycles. The van der Waals surface area contributed by atoms with Crippen LogP contribution < -0.4 is 4.72 Å². The van der Waals surface area contributed by atoms with Gasteiger partial charge >= 0.3 is 0 Å². The quantitative estimate of drug-likeness (QED) is 0.213. The molecule has 1 aliphatic heterocycles. The number of hydrogen-bond acceptors (Lipinski definition) is 8. The maximum absolute atomic E-state index is 9.57. The van der Waals surface area contributed by atoms with E-state index in [1.54, 1.807) is 0 Å². The Morgan fingerprint density at radius 1 is 1.36 bits per heavy atom. The summed E-state index contributed by atoms with van der Waals surface area (Å²) in [5.74, 6) is 0. The third kappa shape index (κ3) is 2.17. The van der Waals surface area contributed by atoms with Crippen molar-refractivity contribution < 1.29 is 25.2 Å². The Bertz CT molecular complexity index is 205. The summed E-state index contributed by atoms with van der Waals surface area (Å²) < 4.78 is 7.13. The van der Waals surface area contributed by atoms with E-state index in [0.717, 1.165) is 0 Å². The third-order valence-electron chi connectivity index (χ3n) is 2.12. The number of hydrogen-bond donors (Lipinski definition) is 7. The molecule has 6 nitrogen and oxygen atoms in total. The summed E-state index contributed by atoms with van der Waals surface area (Å²) >= 11 is 7.41. The van der Waals surface area contributed by atoms with Crippen LogP contribution in [0.15, 0.2) is 0 Å². The molecular weight excluding hydrogens is 230 g/mol. The smallest absolute Gasteiger partial charge is 0.232 e. The van der Waals surface area contributed by atoms with Crippen molar-refractivity contribution in [3.8, 4) is 0 Å². The Morgan fingerprint density at radius 2 is 1.93 bits per heavy atom. The number of aliphatic hydroxyl groups is 4. The molecule has 1 unspecified atom stereocenters. The van der Waals surface area contributed by atoms with Crippen LogP contribution in [0.1, 0.15) is 0 Å². The highest BCUT2D eigenvalue weighted by Crippen LogP contribution is 2.30. The highest BCUT2D eigenvalue weighted by molar-refractivity contribution is 7.81. The van der Waals surface area contributed by atoms with Gasteiger partial charge in [-0.25, -0.2) is 0 Å². The minimum absolute atomic E-state index is 0.527. The largest absolute Gasteiger partial charge is 0.394 e. The number of thiol groups is 2. The fraction of sp³-hybridized carbons (Fsp3) is 1.00. The molecule has 0 aliphatic carbocycles. The lowest BCUT2D eigenvalue weighted by Crippen LogP contribution is -2.66. The fourth-order valence-corrected chi connectivity index (χ4v) is 2.09. The van der Waals surface area contributed by atoms with Crippen molar-refractivity contribution in [2.24, 2.45) is 0 Å². The SMILES string of the molecule is OC[C@H]1OC(O)(S)[C@H](NS)[C@@H](O)[C@@H]1O. The Kier molecular flexibility index (Phi) is 4.06. The normalized spacial score (nSPS) is 49.3. The van der Waals surface area contributed by atoms with Crippen LogP contribution in [0, 0.1) is 0 Å². The minimum atomic E-state index is -1.99. The van der Waals surface area contributed by atoms with Crippen LogP contribution in [0.4, 0.5) is 0 Å². The molecule has 0 aromatic heterocycles. The molecule has 0 radical (unpaired) electrons. The highest BCUT2D eigenvalue weighted by atomic mass is 32.1. The summed E-state index contributed by atoms with van der Waals surface area (Å²) in [7, 11) is 0. The van der Waals surface area contributed by atoms with E-state index in [1.165, 1.54) is 0 Å². The predicted molar refractivity (Wildman–Crippen MR) is 53.8 cm³/mol. The van der Waals surface area contributed by atoms with Gasteiger partial charge < -0.3 is 25.2 Å². The van der Waals surface area contributed by atoms with Gasteiger partial charge in [0.25, 0.3) is 0 Å². The van der Waals surface area contributed by atoms with Gasteiger partial charge in [0.1, 0.15) is 24.4 Å². The molecule has 0 aromatic rings. The van der Waals surface area contributed by atoms with Gasteiger partial charge in [0, 0.05) is 0 Å². The second-order valence-corrected chi connectivity index (χ2v) is 3.98. The first-order chi connectivity index (χ1) is 6.44. The second kappa shape index (κ2) is 4.54. The van der Waals surface area contributed by atoms with Crippen molar-refractivity contribution in [2.45, 2.75) is 29.5 Å². The average Bonchev–Trinajstić information content (AvgIpc) is 2.12. The first-order valence-electron chi connectivity index (χ1n) is 3.93. The molecule has 0 bridgehead atoms. The molecule has 0 saturated carbocycles. The molecule has 14 heavy (non-hydrogen) atoms. The van der Waals surface area contributed by atoms with E-state index in [1.807, 2.05) is 0 Å². The van der Waals surface area contributed by atoms with E-state index in [-0.39, 0.29) is 0 Å². The first kappa shape index (κ1) is 12.5. The van der Waals surface area contributed by atoms with Crippen molar-refractivity contribution >= 4 is 25.4 Å². The van der Waals surface area contributed by atoms with Gasteiger partial charge in [-0.2, -0.15) is 0 Å². The van der Waals surface area contributed by atoms with Crippen LogP contribution in [0.3, 0.4) is 0 Å². The Morgan fingerprint density at radius 3 is 2.36 bits per heavy atom. The zero-order valence-electron chi connectivity index (χ0n) is 7.11. The maximum atomic E-state index is 9.57. The van der Waals surface area contributed by atoms with Crippen molar-refractivity contribution in [2.75, 3.05) is 6.61 Å². The second-order valence-electron chi connectivity index (χ2n) is 3.09. The third-order valence-corrected chi connectivity index (χ3v) is 2.78. The van der Waals surface area contributed by atoms with Gasteiger partial charge in [-0.05, 0) is 0 Å². The maximum Gasteiger partial charge on any atom is 0.232 e. The Hall–Kier alpha value is 0.460. The standard InChI is InChI=1S/C6H13NO5S2/c8-1-2-3(9)4(10)5(7-14)6(11,13)12-2/h2-5,7-11,13-14H,1H2/t2-,3-,4+,5-,6?/m1/s1. The van der Waals surface area contributed by atoms with Crippen molar-refractivity contribution in [1.29, 1.82) is 0 Å². The zero-order valence-corrected chi connectivity index (χ0v) is 8.90. The monoisotopic (exact) mass is 243 g/mol. The van der Waals surface area contributed by atoms with E-state index in [2.05, 4.69) is 30.2 Å². The van der Waals surface area contributed by atoms with Gasteiger partial charge in [0.2, 0.25) is 5.12 Å². The van der Waals surface area contributed by atoms with E-state index < -0.39 is 36.1 Å². The molecular formula is C6H13NO5S2. The van der Waals surface area contributed by atoms with Crippen LogP contribution in [0.2, 0.25) is 0 Å². The summed E-state index contributed by atoms with van der Waals surface area (Å²) in [6, 6.07) is -1.06. The van der Waals surface area contributed by atoms with Crippen molar-refractivity contribution in [3.05, 3.63) is 0 Å². The number of ether oxygens (including phenoxy) is 1. The highest BCUT2D eigenvalue weighted by Gasteiger charge is 2.50. The molecule has 5 atom stereocenters. The molecule has 1 fully saturated rings. The van der Waals surface area contributed by atoms with Gasteiger partial charge in [0.05, 0.1) is 6.61 Å². The Labute approximate surface area is 91.8 Å². The lowest BCUT2D eigenvalue weighted by atomic mass is 9.97. The molecule has 5 N–H and O–H groups in total. The summed E-state index contributed by atoms with van der Waals surface area (Å²) in [5, 5.41) is 35.3. The lowest BCUT2D eigenvalue weighted by molar-refractivity contribution is -0.269. The van der Waals surface area contributed by atoms with E-state index >= 15 is 0 Å². The van der Waals surface area contributed by atoms with Crippen molar-refractivity contribution in [1.82, 2.24) is 4.72 Å². The molecule has 84 valence electrons. The van der Waals surface area contributed by atoms with E-state index in [0.29, 0.717) is 0 Å². The van der Waals surface area contributed by atoms with Crippen LogP contribution >= 0.6 is 25.4 Å². The minimum Gasteiger partial charge on any atom is -0.394 e. The van der Waals surface area contributed by atoms with Gasteiger partial charge in [-0.15, -0.1) is 12.6 Å². The molecule has 8 heteroatoms. The number of rotatable bonds is 2. The van der Waals surface area contributed by atoms with Crippen LogP contribution in [0.5, 0.6) is 0 Å². The molecule has 0 spiro atoms. The summed E-state index contributed by atoms with van der Waals surface area (Å²) in [6.07, 6.45) is -3.72. The molecule has 1 aliphatic rings. The molecule has 0 aromatic carbocycles.